The van der Waals surface area contributed by atoms with Gasteiger partial charge in [-0.1, -0.05) is 12.1 Å². The lowest BCUT2D eigenvalue weighted by molar-refractivity contribution is -0.136. The standard InChI is InChI=1S/C13H17FN2O2.ClH/c1-16(13(17)10-8-15-9-10)6-7-18-12-5-3-2-4-11(12)14;/h2-5,10,15H,6-9H2,1H3;1H. The molecule has 1 N–H and O–H groups in total. The van der Waals surface area contributed by atoms with E-state index in [-0.39, 0.29) is 35.8 Å². The van der Waals surface area contributed by atoms with Gasteiger partial charge < -0.3 is 15.0 Å². The van der Waals surface area contributed by atoms with E-state index in [1.807, 2.05) is 0 Å². The van der Waals surface area contributed by atoms with Crippen LogP contribution in [0.1, 0.15) is 0 Å². The molecule has 6 heteroatoms. The van der Waals surface area contributed by atoms with E-state index in [0.717, 1.165) is 13.1 Å². The summed E-state index contributed by atoms with van der Waals surface area (Å²) in [7, 11) is 1.74. The first-order chi connectivity index (χ1) is 8.68. The van der Waals surface area contributed by atoms with Gasteiger partial charge in [0.2, 0.25) is 5.91 Å². The van der Waals surface area contributed by atoms with Gasteiger partial charge >= 0.3 is 0 Å². The maximum absolute atomic E-state index is 13.3. The number of likely N-dealkylation sites (N-methyl/N-ethyl adjacent to an activating group) is 1. The first kappa shape index (κ1) is 15.7. The summed E-state index contributed by atoms with van der Waals surface area (Å²) in [4.78, 5) is 13.4. The third-order valence-electron chi connectivity index (χ3n) is 3.03. The van der Waals surface area contributed by atoms with Crippen LogP contribution in [-0.4, -0.2) is 44.1 Å². The van der Waals surface area contributed by atoms with Gasteiger partial charge in [-0.05, 0) is 12.1 Å². The zero-order valence-electron chi connectivity index (χ0n) is 10.8. The summed E-state index contributed by atoms with van der Waals surface area (Å²) in [5.41, 5.74) is 0. The third-order valence-corrected chi connectivity index (χ3v) is 3.03. The van der Waals surface area contributed by atoms with Crippen LogP contribution in [0.4, 0.5) is 4.39 Å². The molecule has 2 rings (SSSR count). The van der Waals surface area contributed by atoms with E-state index in [2.05, 4.69) is 5.32 Å². The number of carbonyl (C=O) groups is 1. The van der Waals surface area contributed by atoms with Crippen molar-refractivity contribution in [3.8, 4) is 5.75 Å². The van der Waals surface area contributed by atoms with Gasteiger partial charge in [-0.15, -0.1) is 12.4 Å². The average molecular weight is 289 g/mol. The van der Waals surface area contributed by atoms with Crippen LogP contribution in [0.5, 0.6) is 5.75 Å². The highest BCUT2D eigenvalue weighted by Crippen LogP contribution is 2.15. The fourth-order valence-corrected chi connectivity index (χ4v) is 1.74. The molecule has 1 aliphatic rings. The van der Waals surface area contributed by atoms with Crippen molar-refractivity contribution in [3.05, 3.63) is 30.1 Å². The second kappa shape index (κ2) is 7.31. The largest absolute Gasteiger partial charge is 0.489 e. The molecule has 1 saturated heterocycles. The van der Waals surface area contributed by atoms with Crippen molar-refractivity contribution in [1.29, 1.82) is 0 Å². The molecule has 1 aromatic rings. The van der Waals surface area contributed by atoms with Gasteiger partial charge in [-0.3, -0.25) is 4.79 Å². The monoisotopic (exact) mass is 288 g/mol. The minimum atomic E-state index is -0.380. The molecular weight excluding hydrogens is 271 g/mol. The fourth-order valence-electron chi connectivity index (χ4n) is 1.74. The van der Waals surface area contributed by atoms with Crippen molar-refractivity contribution in [2.45, 2.75) is 0 Å². The molecule has 0 spiro atoms. The number of nitrogens with zero attached hydrogens (tertiary/aromatic N) is 1. The maximum atomic E-state index is 13.3. The highest BCUT2D eigenvalue weighted by molar-refractivity contribution is 5.85. The number of rotatable bonds is 5. The lowest BCUT2D eigenvalue weighted by atomic mass is 10.0. The number of nitrogens with one attached hydrogen (secondary N) is 1. The highest BCUT2D eigenvalue weighted by atomic mass is 35.5. The Morgan fingerprint density at radius 1 is 1.47 bits per heavy atom. The Morgan fingerprint density at radius 3 is 2.74 bits per heavy atom. The van der Waals surface area contributed by atoms with Crippen molar-refractivity contribution in [2.24, 2.45) is 5.92 Å². The van der Waals surface area contributed by atoms with Gasteiger partial charge in [-0.25, -0.2) is 4.39 Å². The summed E-state index contributed by atoms with van der Waals surface area (Å²) in [5.74, 6) is 0.0488. The molecule has 0 atom stereocenters. The van der Waals surface area contributed by atoms with E-state index in [9.17, 15) is 9.18 Å². The number of ether oxygens (including phenoxy) is 1. The normalized spacial score (nSPS) is 14.2. The number of hydrogen-bond acceptors (Lipinski definition) is 3. The van der Waals surface area contributed by atoms with Crippen molar-refractivity contribution >= 4 is 18.3 Å². The maximum Gasteiger partial charge on any atom is 0.228 e. The van der Waals surface area contributed by atoms with E-state index in [1.54, 1.807) is 30.1 Å². The molecule has 1 aromatic carbocycles. The molecule has 0 aliphatic carbocycles. The fraction of sp³-hybridized carbons (Fsp3) is 0.462. The molecule has 0 saturated carbocycles. The Labute approximate surface area is 118 Å². The molecular formula is C13H18ClFN2O2. The Kier molecular flexibility index (Phi) is 6.05. The number of para-hydroxylation sites is 1. The number of hydrogen-bond donors (Lipinski definition) is 1. The topological polar surface area (TPSA) is 41.6 Å². The summed E-state index contributed by atoms with van der Waals surface area (Å²) in [6.07, 6.45) is 0. The van der Waals surface area contributed by atoms with Crippen LogP contribution in [-0.2, 0) is 4.79 Å². The molecule has 0 unspecified atom stereocenters. The van der Waals surface area contributed by atoms with E-state index < -0.39 is 0 Å². The summed E-state index contributed by atoms with van der Waals surface area (Å²) >= 11 is 0. The van der Waals surface area contributed by atoms with Crippen LogP contribution >= 0.6 is 12.4 Å². The van der Waals surface area contributed by atoms with Crippen molar-refractivity contribution < 1.29 is 13.9 Å². The molecule has 0 radical (unpaired) electrons. The molecule has 1 amide bonds. The number of carbonyl (C=O) groups excluding carboxylic acids is 1. The van der Waals surface area contributed by atoms with Crippen LogP contribution in [0.2, 0.25) is 0 Å². The van der Waals surface area contributed by atoms with Crippen LogP contribution < -0.4 is 10.1 Å². The van der Waals surface area contributed by atoms with Gasteiger partial charge in [-0.2, -0.15) is 0 Å². The molecule has 0 aromatic heterocycles. The Morgan fingerprint density at radius 2 is 2.16 bits per heavy atom. The predicted octanol–water partition coefficient (Wildman–Crippen LogP) is 1.30. The van der Waals surface area contributed by atoms with E-state index in [0.29, 0.717) is 13.2 Å². The van der Waals surface area contributed by atoms with E-state index in [1.165, 1.54) is 6.07 Å². The smallest absolute Gasteiger partial charge is 0.228 e. The van der Waals surface area contributed by atoms with E-state index in [4.69, 9.17) is 4.74 Å². The van der Waals surface area contributed by atoms with Gasteiger partial charge in [0.15, 0.2) is 11.6 Å². The zero-order valence-corrected chi connectivity index (χ0v) is 11.6. The second-order valence-corrected chi connectivity index (χ2v) is 4.39. The van der Waals surface area contributed by atoms with Gasteiger partial charge in [0.1, 0.15) is 6.61 Å². The first-order valence-corrected chi connectivity index (χ1v) is 6.01. The lowest BCUT2D eigenvalue weighted by Crippen LogP contribution is -2.51. The molecule has 106 valence electrons. The van der Waals surface area contributed by atoms with Gasteiger partial charge in [0.25, 0.3) is 0 Å². The van der Waals surface area contributed by atoms with Gasteiger partial charge in [0.05, 0.1) is 12.5 Å². The summed E-state index contributed by atoms with van der Waals surface area (Å²) in [6, 6.07) is 6.26. The molecule has 1 heterocycles. The molecule has 4 nitrogen and oxygen atoms in total. The highest BCUT2D eigenvalue weighted by Gasteiger charge is 2.27. The number of benzene rings is 1. The molecule has 1 fully saturated rings. The molecule has 19 heavy (non-hydrogen) atoms. The Balaban J connectivity index is 0.00000180. The van der Waals surface area contributed by atoms with Crippen molar-refractivity contribution in [1.82, 2.24) is 10.2 Å². The third kappa shape index (κ3) is 4.08. The summed E-state index contributed by atoms with van der Waals surface area (Å²) < 4.78 is 18.6. The minimum Gasteiger partial charge on any atom is -0.489 e. The SMILES string of the molecule is CN(CCOc1ccccc1F)C(=O)C1CNC1.Cl. The van der Waals surface area contributed by atoms with Crippen LogP contribution in [0.15, 0.2) is 24.3 Å². The van der Waals surface area contributed by atoms with Crippen molar-refractivity contribution in [3.63, 3.8) is 0 Å². The minimum absolute atomic E-state index is 0. The van der Waals surface area contributed by atoms with E-state index >= 15 is 0 Å². The Hall–Kier alpha value is -1.33. The summed E-state index contributed by atoms with van der Waals surface area (Å²) in [6.45, 7) is 2.25. The summed E-state index contributed by atoms with van der Waals surface area (Å²) in [5, 5.41) is 3.06. The van der Waals surface area contributed by atoms with Crippen LogP contribution in [0.25, 0.3) is 0 Å². The predicted molar refractivity (Wildman–Crippen MR) is 73.1 cm³/mol. The molecule has 1 aliphatic heterocycles. The Bertz CT molecular complexity index is 427. The average Bonchev–Trinajstić information content (AvgIpc) is 2.29. The number of amides is 1. The van der Waals surface area contributed by atoms with Gasteiger partial charge in [0, 0.05) is 20.1 Å². The second-order valence-electron chi connectivity index (χ2n) is 4.39. The van der Waals surface area contributed by atoms with Crippen molar-refractivity contribution in [2.75, 3.05) is 33.3 Å². The molecule has 0 bridgehead atoms. The zero-order chi connectivity index (χ0) is 13.0. The lowest BCUT2D eigenvalue weighted by Gasteiger charge is -2.30. The van der Waals surface area contributed by atoms with Crippen LogP contribution in [0.3, 0.4) is 0 Å². The first-order valence-electron chi connectivity index (χ1n) is 6.01. The van der Waals surface area contributed by atoms with Crippen LogP contribution in [0, 0.1) is 11.7 Å². The quantitative estimate of drug-likeness (QED) is 0.888. The number of halogens is 2.